The highest BCUT2D eigenvalue weighted by atomic mass is 19.1. The summed E-state index contributed by atoms with van der Waals surface area (Å²) < 4.78 is 18.1. The normalized spacial score (nSPS) is 10.9. The second-order valence-corrected chi connectivity index (χ2v) is 7.72. The Balaban J connectivity index is 1.36. The molecule has 7 nitrogen and oxygen atoms in total. The molecule has 8 heteroatoms. The fourth-order valence-electron chi connectivity index (χ4n) is 3.60. The van der Waals surface area contributed by atoms with Crippen molar-refractivity contribution >= 4 is 11.7 Å². The van der Waals surface area contributed by atoms with Crippen LogP contribution >= 0.6 is 0 Å². The first-order valence-corrected chi connectivity index (χ1v) is 10.3. The molecule has 0 aliphatic heterocycles. The summed E-state index contributed by atoms with van der Waals surface area (Å²) in [6, 6.07) is 14.2. The van der Waals surface area contributed by atoms with Gasteiger partial charge in [-0.2, -0.15) is 5.10 Å². The molecule has 0 saturated carbocycles. The van der Waals surface area contributed by atoms with E-state index in [9.17, 15) is 9.18 Å². The van der Waals surface area contributed by atoms with E-state index in [-0.39, 0.29) is 18.4 Å². The van der Waals surface area contributed by atoms with Gasteiger partial charge in [0, 0.05) is 30.3 Å². The van der Waals surface area contributed by atoms with Crippen LogP contribution in [-0.2, 0) is 13.1 Å². The van der Waals surface area contributed by atoms with Crippen LogP contribution < -0.4 is 10.6 Å². The minimum Gasteiger partial charge on any atom is -0.334 e. The molecule has 0 atom stereocenters. The van der Waals surface area contributed by atoms with Crippen molar-refractivity contribution in [2.45, 2.75) is 33.9 Å². The Hall–Kier alpha value is -3.94. The van der Waals surface area contributed by atoms with Gasteiger partial charge in [0.15, 0.2) is 0 Å². The van der Waals surface area contributed by atoms with E-state index in [2.05, 4.69) is 20.7 Å². The summed E-state index contributed by atoms with van der Waals surface area (Å²) in [5.41, 5.74) is 4.85. The van der Waals surface area contributed by atoms with Gasteiger partial charge in [-0.3, -0.25) is 4.68 Å². The van der Waals surface area contributed by atoms with Crippen molar-refractivity contribution in [2.75, 3.05) is 5.32 Å². The third kappa shape index (κ3) is 4.85. The molecule has 0 spiro atoms. The lowest BCUT2D eigenvalue weighted by molar-refractivity contribution is 0.251. The molecule has 2 aromatic carbocycles. The minimum atomic E-state index is -0.373. The molecule has 0 fully saturated rings. The first-order chi connectivity index (χ1) is 15.4. The largest absolute Gasteiger partial charge is 0.334 e. The van der Waals surface area contributed by atoms with Gasteiger partial charge in [0.2, 0.25) is 0 Å². The van der Waals surface area contributed by atoms with E-state index >= 15 is 0 Å². The molecule has 2 N–H and O–H groups in total. The van der Waals surface area contributed by atoms with Crippen molar-refractivity contribution in [3.63, 3.8) is 0 Å². The quantitative estimate of drug-likeness (QED) is 0.471. The van der Waals surface area contributed by atoms with Crippen LogP contribution in [0.5, 0.6) is 0 Å². The van der Waals surface area contributed by atoms with E-state index in [4.69, 9.17) is 0 Å². The van der Waals surface area contributed by atoms with Crippen LogP contribution in [0.15, 0.2) is 60.9 Å². The SMILES string of the molecule is Cc1cc(C)n(Cc2cccc(NC(=O)NCc3ccc(-n4ccnc4C)c(F)c3)c2)n1. The van der Waals surface area contributed by atoms with Crippen molar-refractivity contribution in [3.8, 4) is 5.69 Å². The number of nitrogens with zero attached hydrogens (tertiary/aromatic N) is 4. The minimum absolute atomic E-state index is 0.206. The Bertz CT molecular complexity index is 1260. The van der Waals surface area contributed by atoms with E-state index in [1.807, 2.05) is 55.8 Å². The number of amides is 2. The zero-order chi connectivity index (χ0) is 22.7. The molecule has 2 heterocycles. The number of imidazole rings is 1. The van der Waals surface area contributed by atoms with Gasteiger partial charge in [-0.25, -0.2) is 14.2 Å². The predicted molar refractivity (Wildman–Crippen MR) is 121 cm³/mol. The first-order valence-electron chi connectivity index (χ1n) is 10.3. The van der Waals surface area contributed by atoms with Crippen LogP contribution in [0.3, 0.4) is 0 Å². The van der Waals surface area contributed by atoms with Crippen LogP contribution in [0.25, 0.3) is 5.69 Å². The number of nitrogens with one attached hydrogen (secondary N) is 2. The zero-order valence-corrected chi connectivity index (χ0v) is 18.3. The van der Waals surface area contributed by atoms with Crippen LogP contribution in [0.4, 0.5) is 14.9 Å². The number of hydrogen-bond acceptors (Lipinski definition) is 3. The van der Waals surface area contributed by atoms with Gasteiger partial charge in [-0.05, 0) is 62.2 Å². The molecule has 0 radical (unpaired) electrons. The highest BCUT2D eigenvalue weighted by Crippen LogP contribution is 2.17. The van der Waals surface area contributed by atoms with Crippen molar-refractivity contribution < 1.29 is 9.18 Å². The van der Waals surface area contributed by atoms with Crippen LogP contribution in [0, 0.1) is 26.6 Å². The maximum atomic E-state index is 14.5. The standard InChI is InChI=1S/C24H25FN6O/c1-16-11-17(2)31(29-16)15-20-5-4-6-21(12-20)28-24(32)27-14-19-7-8-23(22(25)13-19)30-10-9-26-18(30)3/h4-13H,14-15H2,1-3H3,(H2,27,28,32). The van der Waals surface area contributed by atoms with Gasteiger partial charge in [0.1, 0.15) is 11.6 Å². The van der Waals surface area contributed by atoms with E-state index < -0.39 is 0 Å². The van der Waals surface area contributed by atoms with Crippen LogP contribution in [0.1, 0.15) is 28.3 Å². The van der Waals surface area contributed by atoms with E-state index in [0.717, 1.165) is 17.0 Å². The van der Waals surface area contributed by atoms with Gasteiger partial charge < -0.3 is 15.2 Å². The maximum absolute atomic E-state index is 14.5. The van der Waals surface area contributed by atoms with Gasteiger partial charge in [0.25, 0.3) is 0 Å². The molecule has 2 amide bonds. The van der Waals surface area contributed by atoms with Crippen molar-refractivity contribution in [3.05, 3.63) is 95.1 Å². The highest BCUT2D eigenvalue weighted by molar-refractivity contribution is 5.89. The predicted octanol–water partition coefficient (Wildman–Crippen LogP) is 4.50. The highest BCUT2D eigenvalue weighted by Gasteiger charge is 2.09. The summed E-state index contributed by atoms with van der Waals surface area (Å²) in [6.07, 6.45) is 3.34. The number of halogens is 1. The molecule has 0 unspecified atom stereocenters. The zero-order valence-electron chi connectivity index (χ0n) is 18.3. The second kappa shape index (κ2) is 9.05. The maximum Gasteiger partial charge on any atom is 0.319 e. The molecular formula is C24H25FN6O. The summed E-state index contributed by atoms with van der Waals surface area (Å²) in [6.45, 7) is 6.62. The molecule has 4 aromatic rings. The number of aryl methyl sites for hydroxylation is 3. The lowest BCUT2D eigenvalue weighted by Crippen LogP contribution is -2.28. The topological polar surface area (TPSA) is 76.8 Å². The number of benzene rings is 2. The molecule has 0 aliphatic carbocycles. The Kier molecular flexibility index (Phi) is 6.02. The molecule has 2 aromatic heterocycles. The Labute approximate surface area is 185 Å². The molecule has 0 saturated heterocycles. The lowest BCUT2D eigenvalue weighted by atomic mass is 10.2. The van der Waals surface area contributed by atoms with E-state index in [0.29, 0.717) is 29.3 Å². The number of anilines is 1. The average molecular weight is 433 g/mol. The summed E-state index contributed by atoms with van der Waals surface area (Å²) in [7, 11) is 0. The Morgan fingerprint density at radius 3 is 2.59 bits per heavy atom. The molecular weight excluding hydrogens is 407 g/mol. The molecule has 164 valence electrons. The van der Waals surface area contributed by atoms with Crippen molar-refractivity contribution in [2.24, 2.45) is 0 Å². The number of aromatic nitrogens is 4. The molecule has 0 aliphatic rings. The summed E-state index contributed by atoms with van der Waals surface area (Å²) in [5, 5.41) is 10.1. The number of urea groups is 1. The van der Waals surface area contributed by atoms with Crippen LogP contribution in [0.2, 0.25) is 0 Å². The number of carbonyl (C=O) groups is 1. The first kappa shape index (κ1) is 21.3. The third-order valence-corrected chi connectivity index (χ3v) is 5.17. The Morgan fingerprint density at radius 2 is 1.91 bits per heavy atom. The fourth-order valence-corrected chi connectivity index (χ4v) is 3.60. The van der Waals surface area contributed by atoms with E-state index in [1.54, 1.807) is 29.1 Å². The van der Waals surface area contributed by atoms with Crippen molar-refractivity contribution in [1.82, 2.24) is 24.6 Å². The van der Waals surface area contributed by atoms with E-state index in [1.165, 1.54) is 6.07 Å². The average Bonchev–Trinajstić information content (AvgIpc) is 3.31. The van der Waals surface area contributed by atoms with Gasteiger partial charge in [-0.15, -0.1) is 0 Å². The fraction of sp³-hybridized carbons (Fsp3) is 0.208. The molecule has 32 heavy (non-hydrogen) atoms. The monoisotopic (exact) mass is 432 g/mol. The smallest absolute Gasteiger partial charge is 0.319 e. The van der Waals surface area contributed by atoms with Crippen molar-refractivity contribution in [1.29, 1.82) is 0 Å². The second-order valence-electron chi connectivity index (χ2n) is 7.72. The van der Waals surface area contributed by atoms with Crippen LogP contribution in [-0.4, -0.2) is 25.4 Å². The summed E-state index contributed by atoms with van der Waals surface area (Å²) in [4.78, 5) is 16.5. The summed E-state index contributed by atoms with van der Waals surface area (Å²) >= 11 is 0. The van der Waals surface area contributed by atoms with Gasteiger partial charge in [0.05, 0.1) is 17.9 Å². The lowest BCUT2D eigenvalue weighted by Gasteiger charge is -2.11. The van der Waals surface area contributed by atoms with Gasteiger partial charge in [-0.1, -0.05) is 18.2 Å². The molecule has 0 bridgehead atoms. The number of rotatable bonds is 6. The Morgan fingerprint density at radius 1 is 1.06 bits per heavy atom. The third-order valence-electron chi connectivity index (χ3n) is 5.17. The van der Waals surface area contributed by atoms with Gasteiger partial charge >= 0.3 is 6.03 Å². The number of hydrogen-bond donors (Lipinski definition) is 2. The molecule has 4 rings (SSSR count). The summed E-state index contributed by atoms with van der Waals surface area (Å²) in [5.74, 6) is 0.330. The number of carbonyl (C=O) groups excluding carboxylic acids is 1.